The highest BCUT2D eigenvalue weighted by Crippen LogP contribution is 2.29. The van der Waals surface area contributed by atoms with Crippen LogP contribution in [-0.4, -0.2) is 15.0 Å². The second-order valence-electron chi connectivity index (χ2n) is 5.29. The van der Waals surface area contributed by atoms with Gasteiger partial charge in [-0.1, -0.05) is 48.5 Å². The molecule has 0 saturated heterocycles. The Kier molecular flexibility index (Phi) is 2.98. The van der Waals surface area contributed by atoms with E-state index in [1.54, 1.807) is 6.20 Å². The Hall–Kier alpha value is -3.34. The number of hydrogen-bond donors (Lipinski definition) is 3. The van der Waals surface area contributed by atoms with Crippen molar-refractivity contribution < 1.29 is 0 Å². The fourth-order valence-corrected chi connectivity index (χ4v) is 2.76. The number of H-pyrrole nitrogens is 2. The van der Waals surface area contributed by atoms with Crippen molar-refractivity contribution >= 4 is 16.7 Å². The summed E-state index contributed by atoms with van der Waals surface area (Å²) in [6.07, 6.45) is 1.79. The summed E-state index contributed by atoms with van der Waals surface area (Å²) in [6.45, 7) is 0. The molecule has 2 heterocycles. The Morgan fingerprint density at radius 3 is 2.48 bits per heavy atom. The minimum absolute atomic E-state index is 0.220. The van der Waals surface area contributed by atoms with Gasteiger partial charge in [0.2, 0.25) is 0 Å². The number of hydrogen-bond acceptors (Lipinski definition) is 3. The number of nitrogens with one attached hydrogen (secondary N) is 2. The van der Waals surface area contributed by atoms with Crippen molar-refractivity contribution in [1.82, 2.24) is 15.0 Å². The van der Waals surface area contributed by atoms with Crippen molar-refractivity contribution in [3.63, 3.8) is 0 Å². The Labute approximate surface area is 131 Å². The third-order valence-corrected chi connectivity index (χ3v) is 3.85. The molecule has 0 radical (unpaired) electrons. The highest BCUT2D eigenvalue weighted by molar-refractivity contribution is 5.97. The number of anilines is 1. The second kappa shape index (κ2) is 5.14. The Balaban J connectivity index is 1.93. The first kappa shape index (κ1) is 13.3. The van der Waals surface area contributed by atoms with E-state index in [4.69, 9.17) is 5.73 Å². The molecule has 0 saturated carbocycles. The van der Waals surface area contributed by atoms with E-state index < -0.39 is 0 Å². The zero-order chi connectivity index (χ0) is 15.8. The molecule has 4 aromatic rings. The number of nitrogens with two attached hydrogens (primary N) is 1. The molecule has 0 spiro atoms. The van der Waals surface area contributed by atoms with Crippen molar-refractivity contribution in [2.24, 2.45) is 0 Å². The van der Waals surface area contributed by atoms with E-state index in [0.717, 1.165) is 22.0 Å². The summed E-state index contributed by atoms with van der Waals surface area (Å²) in [5.41, 5.74) is 8.77. The minimum atomic E-state index is -0.249. The smallest absolute Gasteiger partial charge is 0.261 e. The number of rotatable bonds is 2. The largest absolute Gasteiger partial charge is 0.383 e. The fraction of sp³-hybridized carbons (Fsp3) is 0. The molecule has 0 aliphatic carbocycles. The van der Waals surface area contributed by atoms with E-state index in [2.05, 4.69) is 15.0 Å². The van der Waals surface area contributed by atoms with E-state index in [0.29, 0.717) is 11.4 Å². The Bertz CT molecular complexity index is 1050. The maximum atomic E-state index is 12.6. The molecule has 0 atom stereocenters. The normalized spacial score (nSPS) is 11.0. The van der Waals surface area contributed by atoms with E-state index in [1.807, 2.05) is 54.6 Å². The first-order chi connectivity index (χ1) is 11.2. The van der Waals surface area contributed by atoms with E-state index in [1.165, 1.54) is 0 Å². The van der Waals surface area contributed by atoms with E-state index in [-0.39, 0.29) is 11.4 Å². The molecule has 0 unspecified atom stereocenters. The lowest BCUT2D eigenvalue weighted by atomic mass is 10.1. The molecule has 0 bridgehead atoms. The Morgan fingerprint density at radius 1 is 0.957 bits per heavy atom. The highest BCUT2D eigenvalue weighted by Gasteiger charge is 2.15. The fourth-order valence-electron chi connectivity index (χ4n) is 2.76. The van der Waals surface area contributed by atoms with Gasteiger partial charge in [-0.3, -0.25) is 4.79 Å². The molecule has 0 amide bonds. The van der Waals surface area contributed by atoms with Gasteiger partial charge >= 0.3 is 0 Å². The van der Waals surface area contributed by atoms with Crippen LogP contribution < -0.4 is 11.3 Å². The summed E-state index contributed by atoms with van der Waals surface area (Å²) < 4.78 is 0. The van der Waals surface area contributed by atoms with Gasteiger partial charge in [0.1, 0.15) is 11.6 Å². The van der Waals surface area contributed by atoms with E-state index in [9.17, 15) is 4.79 Å². The molecular weight excluding hydrogens is 288 g/mol. The van der Waals surface area contributed by atoms with Crippen molar-refractivity contribution in [2.45, 2.75) is 0 Å². The number of benzene rings is 2. The monoisotopic (exact) mass is 302 g/mol. The van der Waals surface area contributed by atoms with Crippen molar-refractivity contribution in [1.29, 1.82) is 0 Å². The number of para-hydroxylation sites is 1. The molecule has 23 heavy (non-hydrogen) atoms. The summed E-state index contributed by atoms with van der Waals surface area (Å²) in [7, 11) is 0. The van der Waals surface area contributed by atoms with Gasteiger partial charge in [-0.2, -0.15) is 0 Å². The topological polar surface area (TPSA) is 87.6 Å². The molecule has 5 heteroatoms. The van der Waals surface area contributed by atoms with Crippen LogP contribution in [0.1, 0.15) is 0 Å². The van der Waals surface area contributed by atoms with Crippen LogP contribution in [0.25, 0.3) is 33.4 Å². The van der Waals surface area contributed by atoms with Gasteiger partial charge in [-0.25, -0.2) is 4.98 Å². The van der Waals surface area contributed by atoms with Crippen LogP contribution >= 0.6 is 0 Å². The number of nitrogens with zero attached hydrogens (tertiary/aromatic N) is 1. The lowest BCUT2D eigenvalue weighted by Gasteiger charge is -2.06. The summed E-state index contributed by atoms with van der Waals surface area (Å²) in [5, 5.41) is 0.943. The van der Waals surface area contributed by atoms with Crippen molar-refractivity contribution in [3.05, 3.63) is 71.1 Å². The summed E-state index contributed by atoms with van der Waals surface area (Å²) >= 11 is 0. The predicted octanol–water partition coefficient (Wildman–Crippen LogP) is 3.17. The van der Waals surface area contributed by atoms with E-state index >= 15 is 0 Å². The van der Waals surface area contributed by atoms with Crippen LogP contribution in [0.5, 0.6) is 0 Å². The number of fused-ring (bicyclic) bond motifs is 1. The average molecular weight is 302 g/mol. The van der Waals surface area contributed by atoms with Crippen LogP contribution in [0.4, 0.5) is 5.82 Å². The summed E-state index contributed by atoms with van der Waals surface area (Å²) in [4.78, 5) is 22.9. The van der Waals surface area contributed by atoms with Crippen molar-refractivity contribution in [3.8, 4) is 22.5 Å². The average Bonchev–Trinajstić information content (AvgIpc) is 2.99. The lowest BCUT2D eigenvalue weighted by molar-refractivity contribution is 1.14. The van der Waals surface area contributed by atoms with Gasteiger partial charge in [-0.05, 0) is 6.07 Å². The zero-order valence-corrected chi connectivity index (χ0v) is 12.2. The molecule has 2 aromatic heterocycles. The molecule has 112 valence electrons. The molecule has 4 rings (SSSR count). The molecule has 2 aromatic carbocycles. The van der Waals surface area contributed by atoms with Crippen LogP contribution in [0.3, 0.4) is 0 Å². The first-order valence-electron chi connectivity index (χ1n) is 7.26. The third-order valence-electron chi connectivity index (χ3n) is 3.85. The quantitative estimate of drug-likeness (QED) is 0.531. The van der Waals surface area contributed by atoms with Gasteiger partial charge in [0.25, 0.3) is 5.56 Å². The van der Waals surface area contributed by atoms with Crippen molar-refractivity contribution in [2.75, 3.05) is 5.73 Å². The Morgan fingerprint density at radius 2 is 1.70 bits per heavy atom. The molecule has 4 N–H and O–H groups in total. The predicted molar refractivity (Wildman–Crippen MR) is 92.0 cm³/mol. The van der Waals surface area contributed by atoms with Crippen LogP contribution in [0.2, 0.25) is 0 Å². The maximum Gasteiger partial charge on any atom is 0.261 e. The van der Waals surface area contributed by atoms with Crippen LogP contribution in [-0.2, 0) is 0 Å². The molecule has 5 nitrogen and oxygen atoms in total. The maximum absolute atomic E-state index is 12.6. The minimum Gasteiger partial charge on any atom is -0.383 e. The van der Waals surface area contributed by atoms with Gasteiger partial charge in [0.15, 0.2) is 0 Å². The zero-order valence-electron chi connectivity index (χ0n) is 12.2. The summed E-state index contributed by atoms with van der Waals surface area (Å²) in [6, 6.07) is 17.2. The van der Waals surface area contributed by atoms with Gasteiger partial charge in [0.05, 0.1) is 5.56 Å². The number of nitrogen functional groups attached to an aromatic ring is 1. The SMILES string of the molecule is Nc1nc(-c2ccccc2)[nH]c(=O)c1-c1c[nH]c2ccccc12. The van der Waals surface area contributed by atoms with Gasteiger partial charge in [-0.15, -0.1) is 0 Å². The molecular formula is C18H14N4O. The highest BCUT2D eigenvalue weighted by atomic mass is 16.1. The molecule has 0 fully saturated rings. The molecule has 0 aliphatic heterocycles. The van der Waals surface area contributed by atoms with Gasteiger partial charge < -0.3 is 15.7 Å². The number of aromatic nitrogens is 3. The standard InChI is InChI=1S/C18H14N4O/c19-16-15(13-10-20-14-9-5-4-8-12(13)14)18(23)22-17(21-16)11-6-2-1-3-7-11/h1-10,20H,(H3,19,21,22,23). The van der Waals surface area contributed by atoms with Gasteiger partial charge in [0, 0.05) is 28.2 Å². The lowest BCUT2D eigenvalue weighted by Crippen LogP contribution is -2.15. The van der Waals surface area contributed by atoms with Crippen LogP contribution in [0.15, 0.2) is 65.6 Å². The number of aromatic amines is 2. The second-order valence-corrected chi connectivity index (χ2v) is 5.29. The van der Waals surface area contributed by atoms with Crippen LogP contribution in [0, 0.1) is 0 Å². The molecule has 0 aliphatic rings. The first-order valence-corrected chi connectivity index (χ1v) is 7.26. The third kappa shape index (κ3) is 2.19. The summed E-state index contributed by atoms with van der Waals surface area (Å²) in [5.74, 6) is 0.689.